The molecule has 106 valence electrons. The van der Waals surface area contributed by atoms with Gasteiger partial charge in [-0.15, -0.1) is 0 Å². The van der Waals surface area contributed by atoms with Gasteiger partial charge in [0.1, 0.15) is 5.75 Å². The SMILES string of the molecule is COc1ccccc1C(OC)(OC)c1ccccc1N. The second-order valence-electron chi connectivity index (χ2n) is 4.31. The third kappa shape index (κ3) is 2.24. The molecule has 2 aromatic rings. The van der Waals surface area contributed by atoms with E-state index in [9.17, 15) is 0 Å². The minimum absolute atomic E-state index is 0.599. The van der Waals surface area contributed by atoms with Crippen LogP contribution in [-0.2, 0) is 15.3 Å². The number of nitrogens with two attached hydrogens (primary N) is 1. The van der Waals surface area contributed by atoms with Gasteiger partial charge in [-0.2, -0.15) is 0 Å². The molecule has 0 unspecified atom stereocenters. The molecule has 0 aliphatic rings. The lowest BCUT2D eigenvalue weighted by Gasteiger charge is -2.33. The van der Waals surface area contributed by atoms with Crippen molar-refractivity contribution in [3.05, 3.63) is 59.7 Å². The van der Waals surface area contributed by atoms with E-state index in [1.54, 1.807) is 21.3 Å². The molecule has 4 nitrogen and oxygen atoms in total. The second kappa shape index (κ2) is 5.94. The van der Waals surface area contributed by atoms with Gasteiger partial charge in [-0.1, -0.05) is 30.3 Å². The van der Waals surface area contributed by atoms with E-state index in [1.807, 2.05) is 48.5 Å². The molecule has 2 rings (SSSR count). The molecule has 0 radical (unpaired) electrons. The number of hydrogen-bond donors (Lipinski definition) is 1. The van der Waals surface area contributed by atoms with Crippen LogP contribution in [0.1, 0.15) is 11.1 Å². The summed E-state index contributed by atoms with van der Waals surface area (Å²) in [5, 5.41) is 0. The van der Waals surface area contributed by atoms with Crippen molar-refractivity contribution in [1.29, 1.82) is 0 Å². The van der Waals surface area contributed by atoms with Gasteiger partial charge < -0.3 is 19.9 Å². The summed E-state index contributed by atoms with van der Waals surface area (Å²) in [7, 11) is 4.79. The Labute approximate surface area is 119 Å². The van der Waals surface area contributed by atoms with Crippen molar-refractivity contribution in [2.45, 2.75) is 5.79 Å². The van der Waals surface area contributed by atoms with E-state index < -0.39 is 5.79 Å². The molecule has 0 aromatic heterocycles. The van der Waals surface area contributed by atoms with Crippen LogP contribution >= 0.6 is 0 Å². The summed E-state index contributed by atoms with van der Waals surface area (Å²) >= 11 is 0. The highest BCUT2D eigenvalue weighted by Gasteiger charge is 2.38. The van der Waals surface area contributed by atoms with Crippen LogP contribution in [0, 0.1) is 0 Å². The summed E-state index contributed by atoms with van der Waals surface area (Å²) in [5.74, 6) is -0.419. The predicted molar refractivity (Wildman–Crippen MR) is 78.6 cm³/mol. The lowest BCUT2D eigenvalue weighted by Crippen LogP contribution is -2.33. The topological polar surface area (TPSA) is 53.7 Å². The van der Waals surface area contributed by atoms with E-state index in [2.05, 4.69) is 0 Å². The van der Waals surface area contributed by atoms with Gasteiger partial charge in [0.2, 0.25) is 5.79 Å². The monoisotopic (exact) mass is 273 g/mol. The van der Waals surface area contributed by atoms with Crippen LogP contribution in [0.15, 0.2) is 48.5 Å². The van der Waals surface area contributed by atoms with Crippen molar-refractivity contribution in [2.75, 3.05) is 27.1 Å². The lowest BCUT2D eigenvalue weighted by atomic mass is 9.94. The number of ether oxygens (including phenoxy) is 3. The maximum Gasteiger partial charge on any atom is 0.227 e. The van der Waals surface area contributed by atoms with Crippen LogP contribution in [0.2, 0.25) is 0 Å². The molecular weight excluding hydrogens is 254 g/mol. The maximum absolute atomic E-state index is 6.09. The van der Waals surface area contributed by atoms with Gasteiger partial charge in [0, 0.05) is 25.5 Å². The average Bonchev–Trinajstić information content (AvgIpc) is 2.51. The number of rotatable bonds is 5. The Kier molecular flexibility index (Phi) is 4.27. The summed E-state index contributed by atoms with van der Waals surface area (Å²) in [6, 6.07) is 15.0. The molecule has 2 N–H and O–H groups in total. The first-order valence-corrected chi connectivity index (χ1v) is 6.28. The van der Waals surface area contributed by atoms with E-state index in [4.69, 9.17) is 19.9 Å². The number of methoxy groups -OCH3 is 3. The number of anilines is 1. The Morgan fingerprint density at radius 3 is 1.90 bits per heavy atom. The molecular formula is C16H19NO3. The summed E-state index contributed by atoms with van der Waals surface area (Å²) in [6.45, 7) is 0. The molecule has 0 aliphatic heterocycles. The van der Waals surface area contributed by atoms with Gasteiger partial charge >= 0.3 is 0 Å². The molecule has 0 atom stereocenters. The smallest absolute Gasteiger partial charge is 0.227 e. The first-order valence-electron chi connectivity index (χ1n) is 6.28. The zero-order chi connectivity index (χ0) is 14.6. The molecule has 0 aliphatic carbocycles. The molecule has 0 bridgehead atoms. The largest absolute Gasteiger partial charge is 0.496 e. The van der Waals surface area contributed by atoms with Crippen molar-refractivity contribution in [2.24, 2.45) is 0 Å². The number of hydrogen-bond acceptors (Lipinski definition) is 4. The number of benzene rings is 2. The fraction of sp³-hybridized carbons (Fsp3) is 0.250. The molecule has 2 aromatic carbocycles. The Bertz CT molecular complexity index is 579. The highest BCUT2D eigenvalue weighted by Crippen LogP contribution is 2.41. The van der Waals surface area contributed by atoms with Crippen molar-refractivity contribution in [3.63, 3.8) is 0 Å². The van der Waals surface area contributed by atoms with Crippen molar-refractivity contribution >= 4 is 5.69 Å². The Balaban J connectivity index is 2.70. The van der Waals surface area contributed by atoms with E-state index in [0.29, 0.717) is 11.4 Å². The van der Waals surface area contributed by atoms with E-state index >= 15 is 0 Å². The van der Waals surface area contributed by atoms with Crippen LogP contribution in [-0.4, -0.2) is 21.3 Å². The summed E-state index contributed by atoms with van der Waals surface area (Å²) in [4.78, 5) is 0. The first kappa shape index (κ1) is 14.4. The van der Waals surface area contributed by atoms with Gasteiger partial charge in [0.05, 0.1) is 12.7 Å². The fourth-order valence-electron chi connectivity index (χ4n) is 2.38. The summed E-state index contributed by atoms with van der Waals surface area (Å²) in [6.07, 6.45) is 0. The third-order valence-corrected chi connectivity index (χ3v) is 3.35. The Morgan fingerprint density at radius 2 is 1.35 bits per heavy atom. The normalized spacial score (nSPS) is 11.3. The van der Waals surface area contributed by atoms with Gasteiger partial charge in [0.25, 0.3) is 0 Å². The Morgan fingerprint density at radius 1 is 0.800 bits per heavy atom. The van der Waals surface area contributed by atoms with Crippen LogP contribution in [0.5, 0.6) is 5.75 Å². The fourth-order valence-corrected chi connectivity index (χ4v) is 2.38. The van der Waals surface area contributed by atoms with Gasteiger partial charge in [-0.25, -0.2) is 0 Å². The minimum atomic E-state index is -1.10. The summed E-state index contributed by atoms with van der Waals surface area (Å²) < 4.78 is 16.8. The third-order valence-electron chi connectivity index (χ3n) is 3.35. The molecule has 4 heteroatoms. The highest BCUT2D eigenvalue weighted by atomic mass is 16.7. The summed E-state index contributed by atoms with van der Waals surface area (Å²) in [5.41, 5.74) is 8.20. The maximum atomic E-state index is 6.09. The van der Waals surface area contributed by atoms with Crippen molar-refractivity contribution in [1.82, 2.24) is 0 Å². The van der Waals surface area contributed by atoms with Crippen LogP contribution < -0.4 is 10.5 Å². The number of para-hydroxylation sites is 2. The predicted octanol–water partition coefficient (Wildman–Crippen LogP) is 2.77. The van der Waals surface area contributed by atoms with E-state index in [1.165, 1.54) is 0 Å². The highest BCUT2D eigenvalue weighted by molar-refractivity contribution is 5.54. The molecule has 0 saturated carbocycles. The Hall–Kier alpha value is -2.04. The van der Waals surface area contributed by atoms with Crippen LogP contribution in [0.4, 0.5) is 5.69 Å². The first-order chi connectivity index (χ1) is 9.69. The van der Waals surface area contributed by atoms with Crippen molar-refractivity contribution in [3.8, 4) is 5.75 Å². The zero-order valence-electron chi connectivity index (χ0n) is 11.9. The molecule has 0 spiro atoms. The van der Waals surface area contributed by atoms with Crippen LogP contribution in [0.25, 0.3) is 0 Å². The van der Waals surface area contributed by atoms with E-state index in [-0.39, 0.29) is 0 Å². The molecule has 0 fully saturated rings. The molecule has 20 heavy (non-hydrogen) atoms. The molecule has 0 amide bonds. The average molecular weight is 273 g/mol. The zero-order valence-corrected chi connectivity index (χ0v) is 11.9. The van der Waals surface area contributed by atoms with E-state index in [0.717, 1.165) is 11.1 Å². The number of nitrogen functional groups attached to an aromatic ring is 1. The second-order valence-corrected chi connectivity index (χ2v) is 4.31. The van der Waals surface area contributed by atoms with Crippen LogP contribution in [0.3, 0.4) is 0 Å². The minimum Gasteiger partial charge on any atom is -0.496 e. The standard InChI is InChI=1S/C16H19NO3/c1-18-15-11-7-5-9-13(15)16(19-2,20-3)12-8-4-6-10-14(12)17/h4-11H,17H2,1-3H3. The van der Waals surface area contributed by atoms with Gasteiger partial charge in [0.15, 0.2) is 0 Å². The quantitative estimate of drug-likeness (QED) is 0.672. The van der Waals surface area contributed by atoms with Crippen molar-refractivity contribution < 1.29 is 14.2 Å². The van der Waals surface area contributed by atoms with Gasteiger partial charge in [-0.3, -0.25) is 0 Å². The molecule has 0 heterocycles. The lowest BCUT2D eigenvalue weighted by molar-refractivity contribution is -0.184. The molecule has 0 saturated heterocycles. The van der Waals surface area contributed by atoms with Gasteiger partial charge in [-0.05, 0) is 18.2 Å².